The summed E-state index contributed by atoms with van der Waals surface area (Å²) in [6.45, 7) is 6.84. The van der Waals surface area contributed by atoms with E-state index in [2.05, 4.69) is 86.8 Å². The molecule has 3 unspecified atom stereocenters. The van der Waals surface area contributed by atoms with Gasteiger partial charge in [0, 0.05) is 12.8 Å². The van der Waals surface area contributed by atoms with Crippen LogP contribution in [0.15, 0.2) is 72.9 Å². The van der Waals surface area contributed by atoms with E-state index in [1.54, 1.807) is 0 Å². The van der Waals surface area contributed by atoms with E-state index in [-0.39, 0.29) is 24.9 Å². The van der Waals surface area contributed by atoms with Crippen molar-refractivity contribution in [3.63, 3.8) is 0 Å². The van der Waals surface area contributed by atoms with E-state index in [1.807, 2.05) is 33.3 Å². The normalized spacial score (nSPS) is 14.0. The molecule has 10 heteroatoms. The van der Waals surface area contributed by atoms with Crippen molar-refractivity contribution in [3.8, 4) is 0 Å². The van der Waals surface area contributed by atoms with E-state index < -0.39 is 26.6 Å². The number of carbonyl (C=O) groups excluding carboxylic acids is 2. The summed E-state index contributed by atoms with van der Waals surface area (Å²) in [5.74, 6) is -0.541. The summed E-state index contributed by atoms with van der Waals surface area (Å²) >= 11 is 0. The van der Waals surface area contributed by atoms with E-state index >= 15 is 0 Å². The standard InChI is InChI=1S/C73H135N2O7P/c1-7-10-13-16-19-22-25-28-30-32-34-35-36-37-38-39-41-42-44-47-50-53-56-59-62-65-72(76)74-70(69-81-83(78,79)80-68-67-75(4,5)6)71(64-61-58-55-52-49-46-27-24-21-18-15-12-9-3)82-73(77)66-63-60-57-54-51-48-45-43-40-33-31-29-26-23-20-17-14-11-8-2/h19,22,28-31,34-35,37-38,61,64,70-71H,7-18,20-21,23-27,32-33,36,39-60,62-63,65-69H2,1-6H3,(H-,74,76,78,79)/b22-19-,30-28-,31-29+,35-34-,38-37-,64-61-. The van der Waals surface area contributed by atoms with Crippen LogP contribution in [0.1, 0.15) is 329 Å². The maximum absolute atomic E-state index is 13.6. The van der Waals surface area contributed by atoms with Gasteiger partial charge in [-0.15, -0.1) is 0 Å². The van der Waals surface area contributed by atoms with Crippen molar-refractivity contribution in [3.05, 3.63) is 72.9 Å². The third kappa shape index (κ3) is 63.8. The number of phosphoric acid groups is 1. The van der Waals surface area contributed by atoms with Gasteiger partial charge in [-0.3, -0.25) is 14.2 Å². The van der Waals surface area contributed by atoms with Gasteiger partial charge in [-0.05, 0) is 102 Å². The highest BCUT2D eigenvalue weighted by atomic mass is 31.2. The molecule has 0 radical (unpaired) electrons. The molecule has 0 aromatic heterocycles. The number of carbonyl (C=O) groups is 2. The van der Waals surface area contributed by atoms with Gasteiger partial charge < -0.3 is 28.5 Å². The van der Waals surface area contributed by atoms with Crippen LogP contribution in [0.25, 0.3) is 0 Å². The molecular weight excluding hydrogens is 1050 g/mol. The second-order valence-corrected chi connectivity index (χ2v) is 26.4. The third-order valence-electron chi connectivity index (χ3n) is 15.6. The van der Waals surface area contributed by atoms with Crippen molar-refractivity contribution in [1.82, 2.24) is 5.32 Å². The van der Waals surface area contributed by atoms with E-state index in [1.165, 1.54) is 205 Å². The van der Waals surface area contributed by atoms with Gasteiger partial charge in [0.25, 0.3) is 7.82 Å². The third-order valence-corrected chi connectivity index (χ3v) is 16.6. The van der Waals surface area contributed by atoms with Crippen LogP contribution in [-0.4, -0.2) is 69.4 Å². The van der Waals surface area contributed by atoms with Crippen molar-refractivity contribution in [2.45, 2.75) is 341 Å². The summed E-state index contributed by atoms with van der Waals surface area (Å²) < 4.78 is 30.4. The molecule has 0 saturated carbocycles. The highest BCUT2D eigenvalue weighted by molar-refractivity contribution is 7.45. The molecule has 0 aliphatic heterocycles. The molecule has 0 fully saturated rings. The van der Waals surface area contributed by atoms with Crippen LogP contribution in [0.4, 0.5) is 0 Å². The molecule has 0 bridgehead atoms. The van der Waals surface area contributed by atoms with Gasteiger partial charge >= 0.3 is 5.97 Å². The summed E-state index contributed by atoms with van der Waals surface area (Å²) in [5, 5.41) is 3.04. The minimum atomic E-state index is -4.71. The number of hydrogen-bond acceptors (Lipinski definition) is 7. The molecule has 3 atom stereocenters. The molecule has 0 heterocycles. The Morgan fingerprint density at radius 2 is 0.735 bits per heavy atom. The van der Waals surface area contributed by atoms with Gasteiger partial charge in [-0.1, -0.05) is 287 Å². The monoisotopic (exact) mass is 1180 g/mol. The van der Waals surface area contributed by atoms with Crippen molar-refractivity contribution in [2.24, 2.45) is 0 Å². The average molecular weight is 1180 g/mol. The molecule has 0 aliphatic carbocycles. The number of nitrogens with one attached hydrogen (secondary N) is 1. The van der Waals surface area contributed by atoms with Crippen molar-refractivity contribution >= 4 is 19.7 Å². The smallest absolute Gasteiger partial charge is 0.306 e. The molecule has 0 saturated heterocycles. The van der Waals surface area contributed by atoms with Crippen LogP contribution < -0.4 is 10.2 Å². The first-order valence-electron chi connectivity index (χ1n) is 35.2. The molecule has 1 N–H and O–H groups in total. The highest BCUT2D eigenvalue weighted by Gasteiger charge is 2.27. The lowest BCUT2D eigenvalue weighted by molar-refractivity contribution is -0.870. The summed E-state index contributed by atoms with van der Waals surface area (Å²) in [5.41, 5.74) is 0. The molecule has 0 aromatic rings. The quantitative estimate of drug-likeness (QED) is 0.0212. The van der Waals surface area contributed by atoms with Crippen molar-refractivity contribution < 1.29 is 37.3 Å². The van der Waals surface area contributed by atoms with Gasteiger partial charge in [0.1, 0.15) is 19.3 Å². The van der Waals surface area contributed by atoms with E-state index in [9.17, 15) is 19.0 Å². The minimum absolute atomic E-state index is 0.0252. The SMILES string of the molecule is CCCCC/C=C\C/C=C\C/C=C\C/C=C\CCCCCCCCCCCC(=O)NC(COP(=O)([O-])OCC[N+](C)(C)C)C(/C=C\CCCCCCCCCCCCC)OC(=O)CCCCCCCCCCC/C=C/CCCCCCCC. The number of esters is 1. The summed E-state index contributed by atoms with van der Waals surface area (Å²) in [6.07, 6.45) is 81.5. The van der Waals surface area contributed by atoms with Crippen LogP contribution in [0.5, 0.6) is 0 Å². The zero-order chi connectivity index (χ0) is 60.7. The lowest BCUT2D eigenvalue weighted by atomic mass is 10.0. The molecular formula is C73H135N2O7P. The zero-order valence-electron chi connectivity index (χ0n) is 55.4. The first-order valence-corrected chi connectivity index (χ1v) is 36.7. The maximum Gasteiger partial charge on any atom is 0.306 e. The average Bonchev–Trinajstić information content (AvgIpc) is 3.46. The number of allylic oxidation sites excluding steroid dienone is 11. The first-order chi connectivity index (χ1) is 40.4. The Bertz CT molecular complexity index is 1650. The van der Waals surface area contributed by atoms with Gasteiger partial charge in [-0.25, -0.2) is 0 Å². The van der Waals surface area contributed by atoms with Gasteiger partial charge in [-0.2, -0.15) is 0 Å². The van der Waals surface area contributed by atoms with Gasteiger partial charge in [0.05, 0.1) is 33.8 Å². The number of phosphoric ester groups is 1. The number of likely N-dealkylation sites (N-methyl/N-ethyl adjacent to an activating group) is 1. The molecule has 0 aromatic carbocycles. The van der Waals surface area contributed by atoms with E-state index in [0.717, 1.165) is 89.9 Å². The van der Waals surface area contributed by atoms with Gasteiger partial charge in [0.15, 0.2) is 0 Å². The summed E-state index contributed by atoms with van der Waals surface area (Å²) in [4.78, 5) is 40.2. The maximum atomic E-state index is 13.6. The number of ether oxygens (including phenoxy) is 1. The number of unbranched alkanes of at least 4 members (excludes halogenated alkanes) is 38. The minimum Gasteiger partial charge on any atom is -0.756 e. The second kappa shape index (κ2) is 62.5. The van der Waals surface area contributed by atoms with Crippen LogP contribution in [-0.2, 0) is 27.9 Å². The largest absolute Gasteiger partial charge is 0.756 e. The fraction of sp³-hybridized carbons (Fsp3) is 0.808. The molecule has 484 valence electrons. The van der Waals surface area contributed by atoms with E-state index in [4.69, 9.17) is 13.8 Å². The van der Waals surface area contributed by atoms with Crippen molar-refractivity contribution in [1.29, 1.82) is 0 Å². The van der Waals surface area contributed by atoms with Crippen LogP contribution in [0.2, 0.25) is 0 Å². The Hall–Kier alpha value is -2.55. The molecule has 0 spiro atoms. The molecule has 83 heavy (non-hydrogen) atoms. The molecule has 9 nitrogen and oxygen atoms in total. The van der Waals surface area contributed by atoms with Crippen LogP contribution in [0.3, 0.4) is 0 Å². The molecule has 1 amide bonds. The predicted octanol–water partition coefficient (Wildman–Crippen LogP) is 21.7. The Labute approximate surface area is 514 Å². The Morgan fingerprint density at radius 3 is 1.13 bits per heavy atom. The van der Waals surface area contributed by atoms with Crippen LogP contribution >= 0.6 is 7.82 Å². The highest BCUT2D eigenvalue weighted by Crippen LogP contribution is 2.38. The fourth-order valence-electron chi connectivity index (χ4n) is 10.1. The van der Waals surface area contributed by atoms with Crippen LogP contribution in [0, 0.1) is 0 Å². The lowest BCUT2D eigenvalue weighted by Crippen LogP contribution is -2.47. The number of hydrogen-bond donors (Lipinski definition) is 1. The molecule has 0 aliphatic rings. The Kier molecular flexibility index (Phi) is 60.6. The Balaban J connectivity index is 5.14. The first kappa shape index (κ1) is 80.5. The molecule has 0 rings (SSSR count). The zero-order valence-corrected chi connectivity index (χ0v) is 56.3. The Morgan fingerprint density at radius 1 is 0.422 bits per heavy atom. The van der Waals surface area contributed by atoms with E-state index in [0.29, 0.717) is 17.4 Å². The number of nitrogens with zero attached hydrogens (tertiary/aromatic N) is 1. The summed E-state index contributed by atoms with van der Waals surface area (Å²) in [6, 6.07) is -0.896. The number of rotatable bonds is 64. The lowest BCUT2D eigenvalue weighted by Gasteiger charge is -2.30. The van der Waals surface area contributed by atoms with Crippen molar-refractivity contribution in [2.75, 3.05) is 40.9 Å². The topological polar surface area (TPSA) is 114 Å². The number of amides is 1. The second-order valence-electron chi connectivity index (χ2n) is 25.0. The summed E-state index contributed by atoms with van der Waals surface area (Å²) in [7, 11) is 1.18. The fourth-order valence-corrected chi connectivity index (χ4v) is 10.9. The number of quaternary nitrogens is 1. The predicted molar refractivity (Wildman–Crippen MR) is 358 cm³/mol. The van der Waals surface area contributed by atoms with Gasteiger partial charge in [0.2, 0.25) is 5.91 Å².